The van der Waals surface area contributed by atoms with Crippen LogP contribution in [-0.4, -0.2) is 68.1 Å². The van der Waals surface area contributed by atoms with Gasteiger partial charge in [0.1, 0.15) is 0 Å². The van der Waals surface area contributed by atoms with Crippen molar-refractivity contribution in [2.45, 2.75) is 33.1 Å². The number of carbonyl (C=O) groups excluding carboxylic acids is 2. The van der Waals surface area contributed by atoms with Crippen LogP contribution in [-0.2, 0) is 17.6 Å². The number of hydrogen-bond donors (Lipinski definition) is 2. The molecule has 1 aliphatic rings. The van der Waals surface area contributed by atoms with Gasteiger partial charge in [0.2, 0.25) is 5.91 Å². The second-order valence-electron chi connectivity index (χ2n) is 8.51. The van der Waals surface area contributed by atoms with Crippen molar-refractivity contribution in [2.24, 2.45) is 5.73 Å². The van der Waals surface area contributed by atoms with Gasteiger partial charge in [-0.25, -0.2) is 0 Å². The van der Waals surface area contributed by atoms with Gasteiger partial charge in [-0.1, -0.05) is 50.6 Å². The van der Waals surface area contributed by atoms with Crippen LogP contribution in [0.4, 0.5) is 5.69 Å². The van der Waals surface area contributed by atoms with Gasteiger partial charge in [-0.2, -0.15) is 0 Å². The molecule has 2 aromatic carbocycles. The Labute approximate surface area is 196 Å². The van der Waals surface area contributed by atoms with Crippen LogP contribution in [0.15, 0.2) is 30.3 Å². The monoisotopic (exact) mass is 452 g/mol. The van der Waals surface area contributed by atoms with Gasteiger partial charge in [0.05, 0.1) is 24.3 Å². The van der Waals surface area contributed by atoms with Gasteiger partial charge in [0.25, 0.3) is 5.91 Å². The van der Waals surface area contributed by atoms with Crippen molar-refractivity contribution in [3.05, 3.63) is 52.6 Å². The molecular formula is C26H36N4O3. The second-order valence-corrected chi connectivity index (χ2v) is 8.51. The Morgan fingerprint density at radius 2 is 1.73 bits per heavy atom. The van der Waals surface area contributed by atoms with Crippen molar-refractivity contribution in [1.82, 2.24) is 9.80 Å². The number of primary amides is 1. The Balaban J connectivity index is 2.13. The lowest BCUT2D eigenvalue weighted by Gasteiger charge is -2.30. The fourth-order valence-corrected chi connectivity index (χ4v) is 4.60. The maximum Gasteiger partial charge on any atom is 0.256 e. The third-order valence-electron chi connectivity index (χ3n) is 6.34. The molecule has 1 aliphatic heterocycles. The zero-order valence-corrected chi connectivity index (χ0v) is 20.0. The van der Waals surface area contributed by atoms with Gasteiger partial charge in [-0.3, -0.25) is 14.5 Å². The number of anilines is 1. The molecule has 4 N–H and O–H groups in total. The summed E-state index contributed by atoms with van der Waals surface area (Å²) in [5, 5.41) is 0. The van der Waals surface area contributed by atoms with E-state index in [9.17, 15) is 9.59 Å². The summed E-state index contributed by atoms with van der Waals surface area (Å²) in [6.45, 7) is 8.50. The van der Waals surface area contributed by atoms with E-state index in [1.807, 2.05) is 37.3 Å². The summed E-state index contributed by atoms with van der Waals surface area (Å²) in [6, 6.07) is 9.46. The summed E-state index contributed by atoms with van der Waals surface area (Å²) < 4.78 is 5.41. The average Bonchev–Trinajstić information content (AvgIpc) is 2.83. The molecule has 2 amide bonds. The van der Waals surface area contributed by atoms with Gasteiger partial charge < -0.3 is 21.1 Å². The number of benzene rings is 2. The van der Waals surface area contributed by atoms with Crippen LogP contribution in [0.25, 0.3) is 11.1 Å². The highest BCUT2D eigenvalue weighted by Gasteiger charge is 2.30. The van der Waals surface area contributed by atoms with Crippen molar-refractivity contribution in [3.8, 4) is 11.1 Å². The molecule has 1 saturated heterocycles. The van der Waals surface area contributed by atoms with Crippen LogP contribution in [0.5, 0.6) is 0 Å². The van der Waals surface area contributed by atoms with Crippen LogP contribution < -0.4 is 11.5 Å². The highest BCUT2D eigenvalue weighted by atomic mass is 16.5. The largest absolute Gasteiger partial charge is 0.398 e. The first kappa shape index (κ1) is 24.7. The molecule has 0 radical (unpaired) electrons. The van der Waals surface area contributed by atoms with Crippen molar-refractivity contribution in [3.63, 3.8) is 0 Å². The number of nitrogens with two attached hydrogens (primary N) is 2. The summed E-state index contributed by atoms with van der Waals surface area (Å²) in [7, 11) is 1.79. The average molecular weight is 453 g/mol. The summed E-state index contributed by atoms with van der Waals surface area (Å²) >= 11 is 0. The van der Waals surface area contributed by atoms with E-state index in [1.54, 1.807) is 11.9 Å². The fraction of sp³-hybridized carbons (Fsp3) is 0.462. The molecule has 0 atom stereocenters. The van der Waals surface area contributed by atoms with Crippen molar-refractivity contribution >= 4 is 17.5 Å². The van der Waals surface area contributed by atoms with E-state index in [4.69, 9.17) is 16.2 Å². The van der Waals surface area contributed by atoms with E-state index in [0.717, 1.165) is 42.7 Å². The Bertz CT molecular complexity index is 985. The van der Waals surface area contributed by atoms with Crippen LogP contribution in [0.1, 0.15) is 52.1 Å². The smallest absolute Gasteiger partial charge is 0.256 e. The SMILES string of the molecule is CCCc1c(N)c(C(=O)N(C)CCN2CCOCC2)c(-c2ccccc2)c(C(N)=O)c1CC. The summed E-state index contributed by atoms with van der Waals surface area (Å²) in [4.78, 5) is 30.5. The number of ether oxygens (including phenoxy) is 1. The highest BCUT2D eigenvalue weighted by molar-refractivity contribution is 6.13. The van der Waals surface area contributed by atoms with Gasteiger partial charge >= 0.3 is 0 Å². The standard InChI is InChI=1S/C26H36N4O3/c1-4-9-20-19(5-2)22(25(28)31)21(18-10-7-6-8-11-18)23(24(20)27)26(32)29(3)12-13-30-14-16-33-17-15-30/h6-8,10-11H,4-5,9,12-17,27H2,1-3H3,(H2,28,31). The zero-order valence-electron chi connectivity index (χ0n) is 20.0. The molecule has 1 heterocycles. The Kier molecular flexibility index (Phi) is 8.47. The van der Waals surface area contributed by atoms with Crippen LogP contribution >= 0.6 is 0 Å². The minimum absolute atomic E-state index is 0.192. The molecule has 0 aromatic heterocycles. The van der Waals surface area contributed by atoms with Gasteiger partial charge in [-0.15, -0.1) is 0 Å². The molecule has 1 fully saturated rings. The lowest BCUT2D eigenvalue weighted by atomic mass is 9.83. The summed E-state index contributed by atoms with van der Waals surface area (Å²) in [6.07, 6.45) is 2.14. The predicted molar refractivity (Wildman–Crippen MR) is 132 cm³/mol. The topological polar surface area (TPSA) is 102 Å². The number of carbonyl (C=O) groups is 2. The van der Waals surface area contributed by atoms with Crippen molar-refractivity contribution in [2.75, 3.05) is 52.2 Å². The van der Waals surface area contributed by atoms with E-state index in [0.29, 0.717) is 55.0 Å². The highest BCUT2D eigenvalue weighted by Crippen LogP contribution is 2.39. The number of hydrogen-bond acceptors (Lipinski definition) is 5. The normalized spacial score (nSPS) is 14.3. The predicted octanol–water partition coefficient (Wildman–Crippen LogP) is 2.95. The lowest BCUT2D eigenvalue weighted by Crippen LogP contribution is -2.42. The molecule has 7 nitrogen and oxygen atoms in total. The van der Waals surface area contributed by atoms with Gasteiger partial charge in [0, 0.05) is 44.5 Å². The number of nitrogen functional groups attached to an aromatic ring is 1. The molecule has 0 unspecified atom stereocenters. The number of morpholine rings is 1. The quantitative estimate of drug-likeness (QED) is 0.570. The first-order valence-corrected chi connectivity index (χ1v) is 11.8. The summed E-state index contributed by atoms with van der Waals surface area (Å²) in [5.74, 6) is -0.727. The second kappa shape index (κ2) is 11.3. The lowest BCUT2D eigenvalue weighted by molar-refractivity contribution is 0.0338. The number of likely N-dealkylation sites (N-methyl/N-ethyl adjacent to an activating group) is 1. The first-order chi connectivity index (χ1) is 15.9. The van der Waals surface area contributed by atoms with E-state index >= 15 is 0 Å². The van der Waals surface area contributed by atoms with Crippen LogP contribution in [0.2, 0.25) is 0 Å². The Hall–Kier alpha value is -2.90. The Morgan fingerprint density at radius 3 is 2.30 bits per heavy atom. The van der Waals surface area contributed by atoms with E-state index in [1.165, 1.54) is 0 Å². The van der Waals surface area contributed by atoms with E-state index < -0.39 is 5.91 Å². The molecule has 0 saturated carbocycles. The van der Waals surface area contributed by atoms with Crippen molar-refractivity contribution < 1.29 is 14.3 Å². The fourth-order valence-electron chi connectivity index (χ4n) is 4.60. The maximum absolute atomic E-state index is 13.8. The molecule has 178 valence electrons. The van der Waals surface area contributed by atoms with Crippen LogP contribution in [0, 0.1) is 0 Å². The molecule has 0 aliphatic carbocycles. The van der Waals surface area contributed by atoms with Crippen molar-refractivity contribution in [1.29, 1.82) is 0 Å². The van der Waals surface area contributed by atoms with Crippen LogP contribution in [0.3, 0.4) is 0 Å². The van der Waals surface area contributed by atoms with E-state index in [-0.39, 0.29) is 5.91 Å². The first-order valence-electron chi connectivity index (χ1n) is 11.8. The van der Waals surface area contributed by atoms with E-state index in [2.05, 4.69) is 11.8 Å². The minimum atomic E-state index is -0.534. The molecule has 0 spiro atoms. The van der Waals surface area contributed by atoms with Gasteiger partial charge in [0.15, 0.2) is 0 Å². The molecule has 7 heteroatoms. The third-order valence-corrected chi connectivity index (χ3v) is 6.34. The zero-order chi connectivity index (χ0) is 24.0. The minimum Gasteiger partial charge on any atom is -0.398 e. The number of nitrogens with zero attached hydrogens (tertiary/aromatic N) is 2. The molecule has 33 heavy (non-hydrogen) atoms. The molecule has 2 aromatic rings. The molecule has 0 bridgehead atoms. The molecule has 3 rings (SSSR count). The number of rotatable bonds is 9. The maximum atomic E-state index is 13.8. The summed E-state index contributed by atoms with van der Waals surface area (Å²) in [5.41, 5.74) is 16.9. The van der Waals surface area contributed by atoms with Gasteiger partial charge in [-0.05, 0) is 29.5 Å². The number of amides is 2. The third kappa shape index (κ3) is 5.37. The Morgan fingerprint density at radius 1 is 1.06 bits per heavy atom. The molecular weight excluding hydrogens is 416 g/mol.